The molecule has 1 unspecified atom stereocenters. The number of hydrogen-bond acceptors (Lipinski definition) is 25. The van der Waals surface area contributed by atoms with Crippen LogP contribution >= 0.6 is 47.0 Å². The first-order valence-corrected chi connectivity index (χ1v) is 29.2. The van der Waals surface area contributed by atoms with Crippen LogP contribution in [0.3, 0.4) is 0 Å². The minimum absolute atomic E-state index is 0.0184. The number of ether oxygens (including phenoxy) is 11. The summed E-state index contributed by atoms with van der Waals surface area (Å²) >= 11 is 5.92. The molecule has 25 heteroatoms. The number of rotatable bonds is 48. The first-order chi connectivity index (χ1) is 38.3. The molecule has 0 aromatic rings. The van der Waals surface area contributed by atoms with Gasteiger partial charge in [0.15, 0.2) is 0 Å². The normalized spacial score (nSPS) is 11.2. The van der Waals surface area contributed by atoms with Crippen LogP contribution in [0.5, 0.6) is 0 Å². The Morgan fingerprint density at radius 3 is 0.924 bits per heavy atom. The van der Waals surface area contributed by atoms with E-state index in [0.717, 1.165) is 74.4 Å². The van der Waals surface area contributed by atoms with Crippen molar-refractivity contribution in [2.45, 2.75) is 96.0 Å². The van der Waals surface area contributed by atoms with Gasteiger partial charge >= 0.3 is 59.7 Å². The van der Waals surface area contributed by atoms with Crippen molar-refractivity contribution in [3.8, 4) is 37.0 Å². The van der Waals surface area contributed by atoms with Gasteiger partial charge in [-0.2, -0.15) is 0 Å². The second-order valence-electron chi connectivity index (χ2n) is 15.5. The molecule has 0 aliphatic carbocycles. The average molecular weight is 1180 g/mol. The lowest BCUT2D eigenvalue weighted by Crippen LogP contribution is -2.28. The Hall–Kier alpha value is -6.30. The molecule has 0 aliphatic rings. The van der Waals surface area contributed by atoms with Gasteiger partial charge in [-0.05, 0) is 70.3 Å². The fraction of sp³-hybridized carbons (Fsp3) is 0.556. The van der Waals surface area contributed by atoms with E-state index in [0.29, 0.717) is 0 Å². The molecule has 436 valence electrons. The quantitative estimate of drug-likeness (QED) is 0.0126. The Morgan fingerprint density at radius 1 is 0.354 bits per heavy atom. The number of hydrogen-bond donors (Lipinski definition) is 0. The summed E-state index contributed by atoms with van der Waals surface area (Å²) in [4.78, 5) is 117. The first kappa shape index (κ1) is 72.7. The largest absolute Gasteiger partial charge is 0.465 e. The Labute approximate surface area is 479 Å². The molecule has 21 nitrogen and oxygen atoms in total. The van der Waals surface area contributed by atoms with Gasteiger partial charge < -0.3 is 52.1 Å². The predicted molar refractivity (Wildman–Crippen MR) is 297 cm³/mol. The van der Waals surface area contributed by atoms with Gasteiger partial charge in [0.05, 0.1) is 52.9 Å². The molecular weight excluding hydrogens is 1110 g/mol. The van der Waals surface area contributed by atoms with Crippen LogP contribution < -0.4 is 0 Å². The van der Waals surface area contributed by atoms with E-state index in [1.807, 2.05) is 0 Å². The molecule has 0 saturated carbocycles. The van der Waals surface area contributed by atoms with Crippen molar-refractivity contribution in [3.63, 3.8) is 0 Å². The highest BCUT2D eigenvalue weighted by molar-refractivity contribution is 8.02. The summed E-state index contributed by atoms with van der Waals surface area (Å²) < 4.78 is 54.9. The van der Waals surface area contributed by atoms with Crippen LogP contribution in [0, 0.1) is 37.0 Å². The van der Waals surface area contributed by atoms with Crippen molar-refractivity contribution in [1.82, 2.24) is 0 Å². The fourth-order valence-corrected chi connectivity index (χ4v) is 8.02. The summed E-state index contributed by atoms with van der Waals surface area (Å²) in [5.74, 6) is 2.20. The Bertz CT molecular complexity index is 1950. The molecule has 0 N–H and O–H groups in total. The van der Waals surface area contributed by atoms with E-state index >= 15 is 0 Å². The van der Waals surface area contributed by atoms with E-state index in [2.05, 4.69) is 15.4 Å². The topological polar surface area (TPSA) is 272 Å². The van der Waals surface area contributed by atoms with Crippen molar-refractivity contribution in [2.75, 3.05) is 95.7 Å². The minimum Gasteiger partial charge on any atom is -0.465 e. The van der Waals surface area contributed by atoms with Crippen molar-refractivity contribution in [3.05, 3.63) is 45.9 Å². The molecule has 0 amide bonds. The van der Waals surface area contributed by atoms with Gasteiger partial charge in [-0.3, -0.25) is 19.2 Å². The van der Waals surface area contributed by atoms with Crippen LogP contribution in [-0.2, 0) is 100 Å². The number of carbonyl (C=O) groups excluding carboxylic acids is 10. The van der Waals surface area contributed by atoms with E-state index in [4.69, 9.17) is 61.9 Å². The van der Waals surface area contributed by atoms with Gasteiger partial charge in [-0.25, -0.2) is 28.8 Å². The van der Waals surface area contributed by atoms with Gasteiger partial charge in [0.2, 0.25) is 0 Å². The molecule has 0 rings (SSSR count). The molecule has 1 atom stereocenters. The molecule has 0 spiro atoms. The average Bonchev–Trinajstić information content (AvgIpc) is 3.42. The highest BCUT2D eigenvalue weighted by Gasteiger charge is 2.16. The monoisotopic (exact) mass is 1180 g/mol. The third kappa shape index (κ3) is 52.2. The molecule has 0 aliphatic heterocycles. The van der Waals surface area contributed by atoms with Crippen LogP contribution in [0.4, 0.5) is 0 Å². The maximum absolute atomic E-state index is 12.2. The van der Waals surface area contributed by atoms with Crippen molar-refractivity contribution >= 4 is 107 Å². The van der Waals surface area contributed by atoms with Crippen molar-refractivity contribution in [1.29, 1.82) is 0 Å². The summed E-state index contributed by atoms with van der Waals surface area (Å²) in [6.07, 6.45) is 27.1. The third-order valence-corrected chi connectivity index (χ3v) is 12.4. The summed E-state index contributed by atoms with van der Waals surface area (Å²) in [7, 11) is 0. The minimum atomic E-state index is -0.818. The standard InChI is InChI=1S/C54H70O21S4/c1-4-23-65-44(42-74-49(59)21-38-78-34-13-9-7-11-32-76-36-19-47(57)68-26-17-30-72-53(63)40-51(61)70-28-15-24-66-45(55)5-2)43-75-50(60)22-39-79-35-14-10-8-12-33-77-37-20-48(58)69-27-18-31-73-54(64)41-52(62)71-29-16-25-67-46(56)6-3/h1-3,19-22,36-39,44H,7-18,23-35,40-43H2/b36-19+,37-20?,38-21?,39-22+. The summed E-state index contributed by atoms with van der Waals surface area (Å²) in [6.45, 7) is -0.541. The first-order valence-electron chi connectivity index (χ1n) is 25.0. The molecule has 0 fully saturated rings. The maximum Gasteiger partial charge on any atom is 0.384 e. The van der Waals surface area contributed by atoms with Crippen LogP contribution in [-0.4, -0.2) is 161 Å². The van der Waals surface area contributed by atoms with E-state index in [-0.39, 0.29) is 98.4 Å². The number of unbranched alkanes of at least 4 members (excludes halogenated alkanes) is 6. The second-order valence-corrected chi connectivity index (χ2v) is 19.5. The highest BCUT2D eigenvalue weighted by Crippen LogP contribution is 2.14. The molecular formula is C54H70O21S4. The molecule has 0 aromatic heterocycles. The molecule has 0 heterocycles. The lowest BCUT2D eigenvalue weighted by atomic mass is 10.2. The Kier molecular flexibility index (Phi) is 49.4. The molecule has 0 aromatic carbocycles. The van der Waals surface area contributed by atoms with E-state index in [1.54, 1.807) is 33.5 Å². The smallest absolute Gasteiger partial charge is 0.384 e. The second kappa shape index (κ2) is 53.7. The van der Waals surface area contributed by atoms with Crippen molar-refractivity contribution < 1.29 is 100 Å². The predicted octanol–water partition coefficient (Wildman–Crippen LogP) is 6.15. The number of terminal acetylenes is 3. The van der Waals surface area contributed by atoms with Gasteiger partial charge in [-0.15, -0.1) is 66.3 Å². The fourth-order valence-electron chi connectivity index (χ4n) is 5.17. The van der Waals surface area contributed by atoms with Crippen molar-refractivity contribution in [2.24, 2.45) is 0 Å². The van der Waals surface area contributed by atoms with E-state index in [1.165, 1.54) is 71.4 Å². The van der Waals surface area contributed by atoms with E-state index < -0.39 is 78.6 Å². The molecule has 79 heavy (non-hydrogen) atoms. The van der Waals surface area contributed by atoms with Gasteiger partial charge in [-0.1, -0.05) is 31.6 Å². The molecule has 0 radical (unpaired) electrons. The SMILES string of the molecule is C#CCOC(COC(=O)C=CSCCCCCCS/C=C/C(=O)OCCCOC(=O)CC(=O)OCCCOC(=O)C#C)COC(=O)/C=C/SCCCCCCSC=CC(=O)OCCCOC(=O)CC(=O)OCCCOC(=O)C#C. The summed E-state index contributed by atoms with van der Waals surface area (Å²) in [5.41, 5.74) is 0. The Morgan fingerprint density at radius 2 is 0.633 bits per heavy atom. The van der Waals surface area contributed by atoms with E-state index in [9.17, 15) is 47.9 Å². The zero-order valence-electron chi connectivity index (χ0n) is 44.1. The van der Waals surface area contributed by atoms with Gasteiger partial charge in [0, 0.05) is 61.8 Å². The highest BCUT2D eigenvalue weighted by atomic mass is 32.2. The van der Waals surface area contributed by atoms with Crippen LogP contribution in [0.2, 0.25) is 0 Å². The van der Waals surface area contributed by atoms with Crippen LogP contribution in [0.15, 0.2) is 45.9 Å². The van der Waals surface area contributed by atoms with Gasteiger partial charge in [0.25, 0.3) is 0 Å². The van der Waals surface area contributed by atoms with Gasteiger partial charge in [0.1, 0.15) is 38.8 Å². The van der Waals surface area contributed by atoms with Crippen LogP contribution in [0.1, 0.15) is 89.9 Å². The third-order valence-electron chi connectivity index (χ3n) is 8.95. The number of esters is 10. The molecule has 0 bridgehead atoms. The lowest BCUT2D eigenvalue weighted by Gasteiger charge is -2.15. The molecule has 0 saturated heterocycles. The summed E-state index contributed by atoms with van der Waals surface area (Å²) in [5, 5.41) is 6.65. The lowest BCUT2D eigenvalue weighted by molar-refractivity contribution is -0.157. The van der Waals surface area contributed by atoms with Crippen LogP contribution in [0.25, 0.3) is 0 Å². The Balaban J connectivity index is 3.90. The maximum atomic E-state index is 12.2. The summed E-state index contributed by atoms with van der Waals surface area (Å²) in [6, 6.07) is 0. The number of carbonyl (C=O) groups is 10. The zero-order valence-corrected chi connectivity index (χ0v) is 47.4. The zero-order chi connectivity index (χ0) is 58.2. The number of thioether (sulfide) groups is 4.